The molecular weight excluding hydrogens is 440 g/mol. The van der Waals surface area contributed by atoms with Crippen LogP contribution in [0.15, 0.2) is 72.8 Å². The van der Waals surface area contributed by atoms with Crippen molar-refractivity contribution < 1.29 is 19.1 Å². The third-order valence-electron chi connectivity index (χ3n) is 5.76. The molecular formula is C26H23ClN2O4. The van der Waals surface area contributed by atoms with E-state index in [1.165, 1.54) is 7.11 Å². The van der Waals surface area contributed by atoms with Gasteiger partial charge in [-0.2, -0.15) is 0 Å². The van der Waals surface area contributed by atoms with Gasteiger partial charge in [0.25, 0.3) is 5.91 Å². The Morgan fingerprint density at radius 3 is 2.33 bits per heavy atom. The van der Waals surface area contributed by atoms with Gasteiger partial charge < -0.3 is 15.0 Å². The summed E-state index contributed by atoms with van der Waals surface area (Å²) in [6.45, 7) is 0.596. The molecule has 3 aromatic carbocycles. The summed E-state index contributed by atoms with van der Waals surface area (Å²) in [6, 6.07) is 20.8. The Labute approximate surface area is 197 Å². The van der Waals surface area contributed by atoms with E-state index in [-0.39, 0.29) is 18.4 Å². The normalized spacial score (nSPS) is 14.8. The second-order valence-electron chi connectivity index (χ2n) is 7.81. The number of hydrogen-bond donors (Lipinski definition) is 1. The van der Waals surface area contributed by atoms with Gasteiger partial charge in [0.05, 0.1) is 23.3 Å². The Morgan fingerprint density at radius 2 is 1.64 bits per heavy atom. The van der Waals surface area contributed by atoms with Crippen LogP contribution in [0.3, 0.4) is 0 Å². The maximum atomic E-state index is 13.4. The molecule has 1 unspecified atom stereocenters. The molecule has 0 fully saturated rings. The van der Waals surface area contributed by atoms with Crippen molar-refractivity contribution in [1.82, 2.24) is 10.2 Å². The highest BCUT2D eigenvalue weighted by Gasteiger charge is 2.35. The number of rotatable bonds is 5. The standard InChI is InChI=1S/C26H23ClN2O4/c1-33-26(32)18-12-10-17(11-13-18)15-28-24(30)23-14-19-6-2-3-7-20(19)16-29(23)25(31)21-8-4-5-9-22(21)27/h2-13,23H,14-16H2,1H3,(H,28,30). The van der Waals surface area contributed by atoms with E-state index in [4.69, 9.17) is 16.3 Å². The second-order valence-corrected chi connectivity index (χ2v) is 8.22. The third-order valence-corrected chi connectivity index (χ3v) is 6.09. The number of halogens is 1. The van der Waals surface area contributed by atoms with Crippen molar-refractivity contribution in [3.63, 3.8) is 0 Å². The SMILES string of the molecule is COC(=O)c1ccc(CNC(=O)C2Cc3ccccc3CN2C(=O)c2ccccc2Cl)cc1. The average Bonchev–Trinajstić information content (AvgIpc) is 2.86. The predicted molar refractivity (Wildman–Crippen MR) is 125 cm³/mol. The number of benzene rings is 3. The average molecular weight is 463 g/mol. The van der Waals surface area contributed by atoms with E-state index in [2.05, 4.69) is 5.32 Å². The topological polar surface area (TPSA) is 75.7 Å². The molecule has 0 aromatic heterocycles. The number of methoxy groups -OCH3 is 1. The van der Waals surface area contributed by atoms with Gasteiger partial charge in [-0.15, -0.1) is 0 Å². The number of carbonyl (C=O) groups is 3. The number of hydrogen-bond acceptors (Lipinski definition) is 4. The fourth-order valence-electron chi connectivity index (χ4n) is 3.94. The lowest BCUT2D eigenvalue weighted by atomic mass is 9.92. The Hall–Kier alpha value is -3.64. The first-order valence-corrected chi connectivity index (χ1v) is 10.9. The van der Waals surface area contributed by atoms with Gasteiger partial charge in [-0.25, -0.2) is 4.79 Å². The second kappa shape index (κ2) is 9.88. The molecule has 6 nitrogen and oxygen atoms in total. The van der Waals surface area contributed by atoms with Crippen LogP contribution in [-0.4, -0.2) is 35.8 Å². The van der Waals surface area contributed by atoms with Gasteiger partial charge in [-0.05, 0) is 41.0 Å². The molecule has 2 amide bonds. The smallest absolute Gasteiger partial charge is 0.337 e. The molecule has 1 atom stereocenters. The summed E-state index contributed by atoms with van der Waals surface area (Å²) >= 11 is 6.27. The van der Waals surface area contributed by atoms with Crippen molar-refractivity contribution in [3.05, 3.63) is 106 Å². The van der Waals surface area contributed by atoms with E-state index in [0.29, 0.717) is 29.1 Å². The van der Waals surface area contributed by atoms with Gasteiger partial charge in [0.15, 0.2) is 0 Å². The molecule has 33 heavy (non-hydrogen) atoms. The maximum Gasteiger partial charge on any atom is 0.337 e. The lowest BCUT2D eigenvalue weighted by molar-refractivity contribution is -0.126. The zero-order valence-corrected chi connectivity index (χ0v) is 18.8. The fraction of sp³-hybridized carbons (Fsp3) is 0.192. The Bertz CT molecular complexity index is 1190. The third kappa shape index (κ3) is 4.91. The summed E-state index contributed by atoms with van der Waals surface area (Å²) < 4.78 is 4.71. The Morgan fingerprint density at radius 1 is 0.970 bits per heavy atom. The van der Waals surface area contributed by atoms with Crippen LogP contribution in [0.1, 0.15) is 37.4 Å². The van der Waals surface area contributed by atoms with E-state index < -0.39 is 12.0 Å². The monoisotopic (exact) mass is 462 g/mol. The van der Waals surface area contributed by atoms with Crippen molar-refractivity contribution in [1.29, 1.82) is 0 Å². The maximum absolute atomic E-state index is 13.4. The van der Waals surface area contributed by atoms with E-state index in [0.717, 1.165) is 16.7 Å². The van der Waals surface area contributed by atoms with E-state index >= 15 is 0 Å². The number of fused-ring (bicyclic) bond motifs is 1. The van der Waals surface area contributed by atoms with Crippen molar-refractivity contribution in [2.24, 2.45) is 0 Å². The van der Waals surface area contributed by atoms with Crippen LogP contribution in [0.4, 0.5) is 0 Å². The summed E-state index contributed by atoms with van der Waals surface area (Å²) in [7, 11) is 1.33. The lowest BCUT2D eigenvalue weighted by Crippen LogP contribution is -2.52. The molecule has 4 rings (SSSR count). The molecule has 0 bridgehead atoms. The first kappa shape index (κ1) is 22.6. The molecule has 1 heterocycles. The van der Waals surface area contributed by atoms with E-state index in [1.54, 1.807) is 53.4 Å². The van der Waals surface area contributed by atoms with E-state index in [9.17, 15) is 14.4 Å². The van der Waals surface area contributed by atoms with Gasteiger partial charge in [0.1, 0.15) is 6.04 Å². The van der Waals surface area contributed by atoms with Crippen molar-refractivity contribution in [2.75, 3.05) is 7.11 Å². The minimum absolute atomic E-state index is 0.248. The molecule has 1 aliphatic rings. The summed E-state index contributed by atoms with van der Waals surface area (Å²) in [5.74, 6) is -0.945. The zero-order valence-electron chi connectivity index (χ0n) is 18.1. The molecule has 1 N–H and O–H groups in total. The summed E-state index contributed by atoms with van der Waals surface area (Å²) in [4.78, 5) is 39.8. The number of nitrogens with zero attached hydrogens (tertiary/aromatic N) is 1. The summed E-state index contributed by atoms with van der Waals surface area (Å²) in [6.07, 6.45) is 0.416. The lowest BCUT2D eigenvalue weighted by Gasteiger charge is -2.36. The fourth-order valence-corrected chi connectivity index (χ4v) is 4.16. The van der Waals surface area contributed by atoms with Crippen molar-refractivity contribution in [2.45, 2.75) is 25.6 Å². The highest BCUT2D eigenvalue weighted by Crippen LogP contribution is 2.27. The Balaban J connectivity index is 1.54. The molecule has 0 radical (unpaired) electrons. The van der Waals surface area contributed by atoms with Gasteiger partial charge in [-0.1, -0.05) is 60.1 Å². The molecule has 0 saturated carbocycles. The predicted octanol–water partition coefficient (Wildman–Crippen LogP) is 4.01. The minimum atomic E-state index is -0.669. The molecule has 0 aliphatic carbocycles. The van der Waals surface area contributed by atoms with Gasteiger partial charge in [0, 0.05) is 19.5 Å². The number of carbonyl (C=O) groups excluding carboxylic acids is 3. The van der Waals surface area contributed by atoms with Crippen LogP contribution in [0.2, 0.25) is 5.02 Å². The first-order chi connectivity index (χ1) is 16.0. The van der Waals surface area contributed by atoms with Crippen molar-refractivity contribution in [3.8, 4) is 0 Å². The highest BCUT2D eigenvalue weighted by atomic mass is 35.5. The van der Waals surface area contributed by atoms with Crippen LogP contribution in [0, 0.1) is 0 Å². The number of esters is 1. The Kier molecular flexibility index (Phi) is 6.75. The molecule has 3 aromatic rings. The van der Waals surface area contributed by atoms with Gasteiger partial charge in [0.2, 0.25) is 5.91 Å². The van der Waals surface area contributed by atoms with Gasteiger partial charge in [-0.3, -0.25) is 9.59 Å². The number of amides is 2. The van der Waals surface area contributed by atoms with Crippen LogP contribution >= 0.6 is 11.6 Å². The van der Waals surface area contributed by atoms with Crippen LogP contribution in [-0.2, 0) is 29.0 Å². The summed E-state index contributed by atoms with van der Waals surface area (Å²) in [5, 5.41) is 3.28. The molecule has 0 spiro atoms. The molecule has 7 heteroatoms. The highest BCUT2D eigenvalue weighted by molar-refractivity contribution is 6.33. The minimum Gasteiger partial charge on any atom is -0.465 e. The molecule has 1 aliphatic heterocycles. The van der Waals surface area contributed by atoms with Crippen LogP contribution in [0.25, 0.3) is 0 Å². The molecule has 0 saturated heterocycles. The van der Waals surface area contributed by atoms with E-state index in [1.807, 2.05) is 24.3 Å². The largest absolute Gasteiger partial charge is 0.465 e. The first-order valence-electron chi connectivity index (χ1n) is 10.5. The quantitative estimate of drug-likeness (QED) is 0.581. The van der Waals surface area contributed by atoms with Crippen LogP contribution in [0.5, 0.6) is 0 Å². The van der Waals surface area contributed by atoms with Crippen molar-refractivity contribution >= 4 is 29.4 Å². The molecule has 168 valence electrons. The van der Waals surface area contributed by atoms with Gasteiger partial charge >= 0.3 is 5.97 Å². The summed E-state index contributed by atoms with van der Waals surface area (Å²) in [5.41, 5.74) is 3.70. The number of ether oxygens (including phenoxy) is 1. The number of nitrogens with one attached hydrogen (secondary N) is 1. The van der Waals surface area contributed by atoms with Crippen LogP contribution < -0.4 is 5.32 Å². The zero-order chi connectivity index (χ0) is 23.4.